The Hall–Kier alpha value is -1.53. The quantitative estimate of drug-likeness (QED) is 0.634. The molecule has 0 saturated carbocycles. The van der Waals surface area contributed by atoms with Crippen LogP contribution in [0.5, 0.6) is 0 Å². The van der Waals surface area contributed by atoms with Crippen molar-refractivity contribution in [2.75, 3.05) is 11.1 Å². The average Bonchev–Trinajstić information content (AvgIpc) is 2.50. The first kappa shape index (κ1) is 14.9. The summed E-state index contributed by atoms with van der Waals surface area (Å²) in [6, 6.07) is 5.27. The summed E-state index contributed by atoms with van der Waals surface area (Å²) in [5, 5.41) is 2.78. The lowest BCUT2D eigenvalue weighted by Crippen LogP contribution is -2.41. The molecule has 0 aromatic heterocycles. The lowest BCUT2D eigenvalue weighted by molar-refractivity contribution is -0.114. The molecule has 0 aliphatic carbocycles. The van der Waals surface area contributed by atoms with Crippen LogP contribution in [0, 0.1) is 0 Å². The first-order valence-corrected chi connectivity index (χ1v) is 6.65. The van der Waals surface area contributed by atoms with Crippen LogP contribution < -0.4 is 16.5 Å². The van der Waals surface area contributed by atoms with E-state index in [4.69, 9.17) is 15.0 Å². The lowest BCUT2D eigenvalue weighted by atomic mass is 9.77. The van der Waals surface area contributed by atoms with Crippen molar-refractivity contribution in [2.24, 2.45) is 0 Å². The molecular weight excluding hydrogens is 255 g/mol. The first-order chi connectivity index (χ1) is 9.12. The Morgan fingerprint density at radius 1 is 1.20 bits per heavy atom. The fraction of sp³-hybridized carbons (Fsp3) is 0.500. The molecule has 108 valence electrons. The fourth-order valence-corrected chi connectivity index (χ4v) is 2.05. The summed E-state index contributed by atoms with van der Waals surface area (Å²) >= 11 is 0. The molecule has 5 nitrogen and oxygen atoms in total. The number of carbonyl (C=O) groups excluding carboxylic acids is 1. The van der Waals surface area contributed by atoms with Crippen LogP contribution in [0.15, 0.2) is 18.2 Å². The van der Waals surface area contributed by atoms with Gasteiger partial charge in [-0.2, -0.15) is 0 Å². The van der Waals surface area contributed by atoms with Gasteiger partial charge in [-0.25, -0.2) is 0 Å². The number of hydrogen-bond acceptors (Lipinski definition) is 4. The zero-order valence-electron chi connectivity index (χ0n) is 12.6. The summed E-state index contributed by atoms with van der Waals surface area (Å²) in [5.74, 6) is -0.146. The van der Waals surface area contributed by atoms with Gasteiger partial charge in [-0.05, 0) is 45.9 Å². The maximum Gasteiger partial charge on any atom is 0.497 e. The molecule has 1 fully saturated rings. The number of anilines is 2. The summed E-state index contributed by atoms with van der Waals surface area (Å²) in [4.78, 5) is 11.3. The maximum absolute atomic E-state index is 11.3. The van der Waals surface area contributed by atoms with Crippen LogP contribution >= 0.6 is 0 Å². The molecule has 1 aliphatic rings. The number of amides is 1. The average molecular weight is 276 g/mol. The van der Waals surface area contributed by atoms with Gasteiger partial charge in [-0.15, -0.1) is 0 Å². The number of nitrogens with two attached hydrogens (primary N) is 1. The van der Waals surface area contributed by atoms with Gasteiger partial charge < -0.3 is 20.4 Å². The predicted molar refractivity (Wildman–Crippen MR) is 80.9 cm³/mol. The number of hydrogen-bond donors (Lipinski definition) is 2. The largest absolute Gasteiger partial charge is 0.497 e. The molecule has 3 N–H and O–H groups in total. The highest BCUT2D eigenvalue weighted by molar-refractivity contribution is 6.64. The van der Waals surface area contributed by atoms with E-state index in [-0.39, 0.29) is 5.91 Å². The second-order valence-electron chi connectivity index (χ2n) is 6.12. The van der Waals surface area contributed by atoms with Crippen LogP contribution in [-0.4, -0.2) is 24.2 Å². The number of carbonyl (C=O) groups is 1. The molecule has 1 amide bonds. The van der Waals surface area contributed by atoms with Crippen molar-refractivity contribution in [2.45, 2.75) is 45.8 Å². The van der Waals surface area contributed by atoms with E-state index < -0.39 is 18.3 Å². The molecule has 0 bridgehead atoms. The van der Waals surface area contributed by atoms with Crippen molar-refractivity contribution in [1.82, 2.24) is 0 Å². The third-order valence-electron chi connectivity index (χ3n) is 3.89. The molecule has 0 spiro atoms. The van der Waals surface area contributed by atoms with Gasteiger partial charge in [0.1, 0.15) is 0 Å². The predicted octanol–water partition coefficient (Wildman–Crippen LogP) is 1.53. The zero-order valence-corrected chi connectivity index (χ0v) is 12.6. The van der Waals surface area contributed by atoms with Gasteiger partial charge in [-0.1, -0.05) is 0 Å². The molecule has 1 heterocycles. The minimum Gasteiger partial charge on any atom is -0.399 e. The summed E-state index contributed by atoms with van der Waals surface area (Å²) in [6.07, 6.45) is 0. The topological polar surface area (TPSA) is 73.6 Å². The van der Waals surface area contributed by atoms with Crippen molar-refractivity contribution in [3.63, 3.8) is 0 Å². The Labute approximate surface area is 120 Å². The Morgan fingerprint density at radius 3 is 2.25 bits per heavy atom. The van der Waals surface area contributed by atoms with E-state index in [1.165, 1.54) is 6.92 Å². The Balaban J connectivity index is 2.38. The van der Waals surface area contributed by atoms with Crippen LogP contribution in [0.25, 0.3) is 0 Å². The smallest absolute Gasteiger partial charge is 0.399 e. The van der Waals surface area contributed by atoms with E-state index in [1.54, 1.807) is 18.2 Å². The minimum atomic E-state index is -0.551. The summed E-state index contributed by atoms with van der Waals surface area (Å²) in [6.45, 7) is 9.40. The molecule has 1 saturated heterocycles. The molecule has 1 aromatic rings. The monoisotopic (exact) mass is 276 g/mol. The van der Waals surface area contributed by atoms with Gasteiger partial charge in [0.25, 0.3) is 0 Å². The van der Waals surface area contributed by atoms with E-state index in [9.17, 15) is 4.79 Å². The number of benzene rings is 1. The third kappa shape index (κ3) is 2.67. The first-order valence-electron chi connectivity index (χ1n) is 6.65. The second kappa shape index (κ2) is 4.79. The van der Waals surface area contributed by atoms with Gasteiger partial charge in [0, 0.05) is 23.8 Å². The van der Waals surface area contributed by atoms with E-state index >= 15 is 0 Å². The van der Waals surface area contributed by atoms with Gasteiger partial charge in [0.15, 0.2) is 0 Å². The standard InChI is InChI=1S/C14H21BN2O3/c1-9(18)17-12-7-6-10(16)8-11(12)15-19-13(2,3)14(4,5)20-15/h6-8H,16H2,1-5H3,(H,17,18). The Bertz CT molecular complexity index is 527. The molecule has 1 aromatic carbocycles. The Kier molecular flexibility index (Phi) is 3.56. The van der Waals surface area contributed by atoms with Gasteiger partial charge >= 0.3 is 7.12 Å². The van der Waals surface area contributed by atoms with Crippen LogP contribution in [0.4, 0.5) is 11.4 Å². The highest BCUT2D eigenvalue weighted by Crippen LogP contribution is 2.37. The van der Waals surface area contributed by atoms with Gasteiger partial charge in [0.05, 0.1) is 11.2 Å². The highest BCUT2D eigenvalue weighted by Gasteiger charge is 2.52. The fourth-order valence-electron chi connectivity index (χ4n) is 2.05. The zero-order chi connectivity index (χ0) is 15.1. The SMILES string of the molecule is CC(=O)Nc1ccc(N)cc1B1OC(C)(C)C(C)(C)O1. The molecule has 6 heteroatoms. The van der Waals surface area contributed by atoms with E-state index in [1.807, 2.05) is 27.7 Å². The van der Waals surface area contributed by atoms with Crippen molar-refractivity contribution in [3.05, 3.63) is 18.2 Å². The van der Waals surface area contributed by atoms with E-state index in [0.29, 0.717) is 11.4 Å². The summed E-state index contributed by atoms with van der Waals surface area (Å²) < 4.78 is 12.0. The van der Waals surface area contributed by atoms with Crippen LogP contribution in [-0.2, 0) is 14.1 Å². The van der Waals surface area contributed by atoms with Crippen molar-refractivity contribution in [1.29, 1.82) is 0 Å². The van der Waals surface area contributed by atoms with Crippen molar-refractivity contribution < 1.29 is 14.1 Å². The molecule has 20 heavy (non-hydrogen) atoms. The molecule has 1 aliphatic heterocycles. The van der Waals surface area contributed by atoms with Crippen LogP contribution in [0.3, 0.4) is 0 Å². The molecule has 0 atom stereocenters. The lowest BCUT2D eigenvalue weighted by Gasteiger charge is -2.32. The third-order valence-corrected chi connectivity index (χ3v) is 3.89. The molecule has 2 rings (SSSR count). The normalized spacial score (nSPS) is 19.9. The van der Waals surface area contributed by atoms with Gasteiger partial charge in [-0.3, -0.25) is 4.79 Å². The maximum atomic E-state index is 11.3. The van der Waals surface area contributed by atoms with Gasteiger partial charge in [0.2, 0.25) is 5.91 Å². The minimum absolute atomic E-state index is 0.146. The van der Waals surface area contributed by atoms with Crippen molar-refractivity contribution >= 4 is 29.9 Å². The van der Waals surface area contributed by atoms with E-state index in [0.717, 1.165) is 5.46 Å². The molecule has 0 radical (unpaired) electrons. The van der Waals surface area contributed by atoms with Crippen LogP contribution in [0.2, 0.25) is 0 Å². The van der Waals surface area contributed by atoms with E-state index in [2.05, 4.69) is 5.32 Å². The summed E-state index contributed by atoms with van der Waals surface area (Å²) in [5.41, 5.74) is 6.96. The van der Waals surface area contributed by atoms with Crippen LogP contribution in [0.1, 0.15) is 34.6 Å². The Morgan fingerprint density at radius 2 is 1.75 bits per heavy atom. The van der Waals surface area contributed by atoms with Crippen molar-refractivity contribution in [3.8, 4) is 0 Å². The number of nitrogens with one attached hydrogen (secondary N) is 1. The second-order valence-corrected chi connectivity index (χ2v) is 6.12. The molecular formula is C14H21BN2O3. The summed E-state index contributed by atoms with van der Waals surface area (Å²) in [7, 11) is -0.551. The molecule has 0 unspecified atom stereocenters. The highest BCUT2D eigenvalue weighted by atomic mass is 16.7. The number of nitrogen functional groups attached to an aromatic ring is 1. The number of rotatable bonds is 2.